The third-order valence-electron chi connectivity index (χ3n) is 2.69. The number of rotatable bonds is 3. The van der Waals surface area contributed by atoms with Crippen molar-refractivity contribution in [2.45, 2.75) is 20.8 Å². The van der Waals surface area contributed by atoms with Crippen molar-refractivity contribution in [3.63, 3.8) is 0 Å². The molecule has 4 nitrogen and oxygen atoms in total. The number of carboxylic acids is 1. The number of carboxylic acid groups (broad SMARTS) is 1. The van der Waals surface area contributed by atoms with Crippen LogP contribution < -0.4 is 0 Å². The van der Waals surface area contributed by atoms with Crippen LogP contribution in [0.4, 0.5) is 0 Å². The predicted octanol–water partition coefficient (Wildman–Crippen LogP) is 2.14. The third-order valence-corrected chi connectivity index (χ3v) is 2.69. The van der Waals surface area contributed by atoms with Gasteiger partial charge in [0.25, 0.3) is 0 Å². The maximum absolute atomic E-state index is 11.8. The Morgan fingerprint density at radius 1 is 1.12 bits per heavy atom. The van der Waals surface area contributed by atoms with Gasteiger partial charge in [-0.25, -0.2) is 4.79 Å². The molecule has 0 spiro atoms. The molecule has 0 aliphatic rings. The first kappa shape index (κ1) is 13.0. The Morgan fingerprint density at radius 2 is 1.71 bits per heavy atom. The first-order valence-electron chi connectivity index (χ1n) is 5.09. The Hall–Kier alpha value is -2.10. The molecule has 1 aromatic rings. The maximum Gasteiger partial charge on any atom is 0.328 e. The predicted molar refractivity (Wildman–Crippen MR) is 63.4 cm³/mol. The van der Waals surface area contributed by atoms with Crippen molar-refractivity contribution in [3.8, 4) is 5.75 Å². The van der Waals surface area contributed by atoms with Gasteiger partial charge in [-0.3, -0.25) is 4.79 Å². The van der Waals surface area contributed by atoms with E-state index in [1.54, 1.807) is 20.8 Å². The van der Waals surface area contributed by atoms with Gasteiger partial charge in [-0.05, 0) is 49.6 Å². The highest BCUT2D eigenvalue weighted by Crippen LogP contribution is 2.26. The average Bonchev–Trinajstić information content (AvgIpc) is 2.23. The van der Waals surface area contributed by atoms with Crippen LogP contribution in [0.1, 0.15) is 27.0 Å². The molecule has 0 aliphatic heterocycles. The van der Waals surface area contributed by atoms with Crippen molar-refractivity contribution in [2.75, 3.05) is 0 Å². The van der Waals surface area contributed by atoms with E-state index in [0.717, 1.165) is 12.2 Å². The fraction of sp³-hybridized carbons (Fsp3) is 0.231. The van der Waals surface area contributed by atoms with Crippen molar-refractivity contribution in [2.24, 2.45) is 0 Å². The topological polar surface area (TPSA) is 74.6 Å². The molecule has 0 unspecified atom stereocenters. The van der Waals surface area contributed by atoms with Crippen LogP contribution in [0.25, 0.3) is 0 Å². The number of carbonyl (C=O) groups excluding carboxylic acids is 1. The van der Waals surface area contributed by atoms with E-state index in [1.807, 2.05) is 0 Å². The van der Waals surface area contributed by atoms with E-state index >= 15 is 0 Å². The van der Waals surface area contributed by atoms with Crippen LogP contribution in [0, 0.1) is 20.8 Å². The number of carbonyl (C=O) groups is 2. The number of allylic oxidation sites excluding steroid dienone is 1. The molecule has 0 amide bonds. The van der Waals surface area contributed by atoms with E-state index < -0.39 is 5.97 Å². The zero-order valence-corrected chi connectivity index (χ0v) is 9.94. The van der Waals surface area contributed by atoms with Gasteiger partial charge in [-0.1, -0.05) is 0 Å². The summed E-state index contributed by atoms with van der Waals surface area (Å²) in [7, 11) is 0. The van der Waals surface area contributed by atoms with Gasteiger partial charge in [-0.2, -0.15) is 0 Å². The molecule has 0 fully saturated rings. The monoisotopic (exact) mass is 234 g/mol. The van der Waals surface area contributed by atoms with Crippen LogP contribution in [0.5, 0.6) is 5.75 Å². The second-order valence-electron chi connectivity index (χ2n) is 3.87. The summed E-state index contributed by atoms with van der Waals surface area (Å²) in [6, 6.07) is 1.50. The molecule has 0 radical (unpaired) electrons. The van der Waals surface area contributed by atoms with Gasteiger partial charge in [-0.15, -0.1) is 0 Å². The van der Waals surface area contributed by atoms with Crippen LogP contribution in [0.2, 0.25) is 0 Å². The summed E-state index contributed by atoms with van der Waals surface area (Å²) >= 11 is 0. The van der Waals surface area contributed by atoms with Crippen molar-refractivity contribution in [1.29, 1.82) is 0 Å². The van der Waals surface area contributed by atoms with Gasteiger partial charge in [0.15, 0.2) is 5.78 Å². The molecule has 0 saturated heterocycles. The minimum atomic E-state index is -1.16. The Kier molecular flexibility index (Phi) is 3.68. The summed E-state index contributed by atoms with van der Waals surface area (Å²) in [4.78, 5) is 22.2. The number of phenolic OH excluding ortho intramolecular Hbond substituents is 1. The molecule has 90 valence electrons. The number of hydrogen-bond acceptors (Lipinski definition) is 3. The molecule has 0 atom stereocenters. The lowest BCUT2D eigenvalue weighted by atomic mass is 9.94. The maximum atomic E-state index is 11.8. The molecule has 4 heteroatoms. The lowest BCUT2D eigenvalue weighted by Gasteiger charge is -2.11. The number of hydrogen-bond donors (Lipinski definition) is 2. The quantitative estimate of drug-likeness (QED) is 0.620. The van der Waals surface area contributed by atoms with E-state index in [-0.39, 0.29) is 11.5 Å². The molecule has 0 aromatic heterocycles. The van der Waals surface area contributed by atoms with Crippen LogP contribution in [-0.2, 0) is 4.79 Å². The summed E-state index contributed by atoms with van der Waals surface area (Å²) in [6.07, 6.45) is 1.83. The van der Waals surface area contributed by atoms with E-state index in [4.69, 9.17) is 5.11 Å². The van der Waals surface area contributed by atoms with Gasteiger partial charge in [0, 0.05) is 11.6 Å². The normalized spacial score (nSPS) is 10.8. The summed E-state index contributed by atoms with van der Waals surface area (Å²) in [5, 5.41) is 18.0. The number of aromatic hydroxyl groups is 1. The Balaban J connectivity index is 3.28. The van der Waals surface area contributed by atoms with Gasteiger partial charge in [0.2, 0.25) is 0 Å². The zero-order chi connectivity index (χ0) is 13.2. The van der Waals surface area contributed by atoms with Crippen molar-refractivity contribution >= 4 is 11.8 Å². The Morgan fingerprint density at radius 3 is 2.24 bits per heavy atom. The molecule has 0 bridgehead atoms. The lowest BCUT2D eigenvalue weighted by molar-refractivity contribution is -0.131. The van der Waals surface area contributed by atoms with Crippen molar-refractivity contribution in [1.82, 2.24) is 0 Å². The van der Waals surface area contributed by atoms with E-state index in [9.17, 15) is 14.7 Å². The zero-order valence-electron chi connectivity index (χ0n) is 9.94. The molecule has 2 N–H and O–H groups in total. The van der Waals surface area contributed by atoms with Gasteiger partial charge >= 0.3 is 5.97 Å². The SMILES string of the molecule is Cc1cc(O)c(C)c(C)c1C(=O)/C=C/C(=O)O. The number of ketones is 1. The number of aliphatic carboxylic acids is 1. The lowest BCUT2D eigenvalue weighted by Crippen LogP contribution is -2.04. The first-order chi connectivity index (χ1) is 7.84. The fourth-order valence-electron chi connectivity index (χ4n) is 1.67. The average molecular weight is 234 g/mol. The van der Waals surface area contributed by atoms with Crippen molar-refractivity contribution < 1.29 is 19.8 Å². The van der Waals surface area contributed by atoms with Crippen LogP contribution in [0.15, 0.2) is 18.2 Å². The highest BCUT2D eigenvalue weighted by atomic mass is 16.4. The van der Waals surface area contributed by atoms with E-state index in [1.165, 1.54) is 6.07 Å². The van der Waals surface area contributed by atoms with Gasteiger partial charge in [0.1, 0.15) is 5.75 Å². The second-order valence-corrected chi connectivity index (χ2v) is 3.87. The molecule has 0 aliphatic carbocycles. The van der Waals surface area contributed by atoms with Crippen LogP contribution in [0.3, 0.4) is 0 Å². The third kappa shape index (κ3) is 2.72. The second kappa shape index (κ2) is 4.82. The van der Waals surface area contributed by atoms with E-state index in [0.29, 0.717) is 22.3 Å². The minimum absolute atomic E-state index is 0.138. The number of aryl methyl sites for hydroxylation is 1. The Bertz CT molecular complexity index is 513. The first-order valence-corrected chi connectivity index (χ1v) is 5.09. The molecule has 1 aromatic carbocycles. The molecular weight excluding hydrogens is 220 g/mol. The summed E-state index contributed by atoms with van der Waals surface area (Å²) in [6.45, 7) is 5.14. The molecule has 0 heterocycles. The molecule has 17 heavy (non-hydrogen) atoms. The fourth-order valence-corrected chi connectivity index (χ4v) is 1.67. The number of benzene rings is 1. The standard InChI is InChI=1S/C13H14O4/c1-7-6-11(15)8(2)9(3)13(7)10(14)4-5-12(16)17/h4-6,15H,1-3H3,(H,16,17)/b5-4+. The molecule has 1 rings (SSSR count). The van der Waals surface area contributed by atoms with Gasteiger partial charge in [0.05, 0.1) is 0 Å². The largest absolute Gasteiger partial charge is 0.508 e. The molecule has 0 saturated carbocycles. The smallest absolute Gasteiger partial charge is 0.328 e. The van der Waals surface area contributed by atoms with Crippen LogP contribution in [-0.4, -0.2) is 22.0 Å². The summed E-state index contributed by atoms with van der Waals surface area (Å²) in [5.74, 6) is -1.39. The minimum Gasteiger partial charge on any atom is -0.508 e. The van der Waals surface area contributed by atoms with Crippen molar-refractivity contribution in [3.05, 3.63) is 40.5 Å². The number of phenols is 1. The molecular formula is C13H14O4. The van der Waals surface area contributed by atoms with Gasteiger partial charge < -0.3 is 10.2 Å². The summed E-state index contributed by atoms with van der Waals surface area (Å²) in [5.41, 5.74) is 2.37. The highest BCUT2D eigenvalue weighted by molar-refractivity contribution is 6.09. The van der Waals surface area contributed by atoms with E-state index in [2.05, 4.69) is 0 Å². The Labute approximate surface area is 99.2 Å². The van der Waals surface area contributed by atoms with Crippen LogP contribution >= 0.6 is 0 Å². The highest BCUT2D eigenvalue weighted by Gasteiger charge is 2.14. The summed E-state index contributed by atoms with van der Waals surface area (Å²) < 4.78 is 0.